The minimum atomic E-state index is 0.786. The van der Waals surface area contributed by atoms with E-state index in [2.05, 4.69) is 66.8 Å². The van der Waals surface area contributed by atoms with Gasteiger partial charge in [0, 0.05) is 23.6 Å². The molecule has 0 amide bonds. The van der Waals surface area contributed by atoms with Crippen molar-refractivity contribution in [2.24, 2.45) is 4.99 Å². The second-order valence-electron chi connectivity index (χ2n) is 7.90. The third-order valence-electron chi connectivity index (χ3n) is 5.81. The molecule has 2 aromatic carbocycles. The summed E-state index contributed by atoms with van der Waals surface area (Å²) in [7, 11) is 3.38. The maximum atomic E-state index is 5.71. The van der Waals surface area contributed by atoms with E-state index in [1.54, 1.807) is 25.6 Å². The van der Waals surface area contributed by atoms with Crippen LogP contribution in [0.2, 0.25) is 0 Å². The Balaban J connectivity index is 2.08. The van der Waals surface area contributed by atoms with Crippen LogP contribution in [0.4, 0.5) is 5.69 Å². The normalized spacial score (nSPS) is 11.9. The lowest BCUT2D eigenvalue weighted by Crippen LogP contribution is -2.26. The quantitative estimate of drug-likeness (QED) is 0.389. The summed E-state index contributed by atoms with van der Waals surface area (Å²) in [6.07, 6.45) is 1.06. The van der Waals surface area contributed by atoms with Gasteiger partial charge in [-0.05, 0) is 69.2 Å². The smallest absolute Gasteiger partial charge is 0.190 e. The molecule has 0 aliphatic rings. The molecule has 0 N–H and O–H groups in total. The molecular formula is C26H35N3O2S. The van der Waals surface area contributed by atoms with Crippen LogP contribution in [-0.4, -0.2) is 43.3 Å². The number of ether oxygens (including phenoxy) is 2. The van der Waals surface area contributed by atoms with E-state index in [0.717, 1.165) is 65.8 Å². The fourth-order valence-corrected chi connectivity index (χ4v) is 4.73. The molecule has 0 saturated heterocycles. The highest BCUT2D eigenvalue weighted by atomic mass is 32.1. The maximum absolute atomic E-state index is 5.71. The van der Waals surface area contributed by atoms with Crippen molar-refractivity contribution in [3.8, 4) is 22.8 Å². The van der Waals surface area contributed by atoms with E-state index < -0.39 is 0 Å². The lowest BCUT2D eigenvalue weighted by Gasteiger charge is -2.19. The van der Waals surface area contributed by atoms with Crippen LogP contribution in [0.25, 0.3) is 11.3 Å². The van der Waals surface area contributed by atoms with Crippen molar-refractivity contribution in [3.63, 3.8) is 0 Å². The number of hydrogen-bond acceptors (Lipinski definition) is 5. The summed E-state index contributed by atoms with van der Waals surface area (Å²) in [5, 5.41) is 2.19. The monoisotopic (exact) mass is 453 g/mol. The van der Waals surface area contributed by atoms with Gasteiger partial charge in [-0.3, -0.25) is 0 Å². The zero-order valence-electron chi connectivity index (χ0n) is 20.1. The predicted octanol–water partition coefficient (Wildman–Crippen LogP) is 5.81. The van der Waals surface area contributed by atoms with Gasteiger partial charge in [0.25, 0.3) is 0 Å². The molecule has 0 saturated carbocycles. The first-order valence-electron chi connectivity index (χ1n) is 11.3. The molecule has 6 heteroatoms. The summed E-state index contributed by atoms with van der Waals surface area (Å²) in [5.74, 6) is 1.59. The predicted molar refractivity (Wildman–Crippen MR) is 134 cm³/mol. The van der Waals surface area contributed by atoms with Crippen LogP contribution in [0.3, 0.4) is 0 Å². The number of nitrogens with zero attached hydrogens (tertiary/aromatic N) is 3. The molecule has 1 aromatic heterocycles. The molecule has 0 atom stereocenters. The third kappa shape index (κ3) is 5.61. The Morgan fingerprint density at radius 2 is 1.78 bits per heavy atom. The lowest BCUT2D eigenvalue weighted by atomic mass is 10.1. The summed E-state index contributed by atoms with van der Waals surface area (Å²) in [6.45, 7) is 12.8. The van der Waals surface area contributed by atoms with Crippen molar-refractivity contribution >= 4 is 17.0 Å². The topological polar surface area (TPSA) is 39.0 Å². The van der Waals surface area contributed by atoms with Crippen molar-refractivity contribution in [2.45, 2.75) is 40.7 Å². The summed E-state index contributed by atoms with van der Waals surface area (Å²) < 4.78 is 13.4. The maximum Gasteiger partial charge on any atom is 0.190 e. The molecule has 1 heterocycles. The number of aryl methyl sites for hydroxylation is 2. The lowest BCUT2D eigenvalue weighted by molar-refractivity contribution is 0.293. The van der Waals surface area contributed by atoms with Crippen molar-refractivity contribution in [1.29, 1.82) is 0 Å². The Hall–Kier alpha value is -2.57. The van der Waals surface area contributed by atoms with Crippen LogP contribution in [0.5, 0.6) is 11.5 Å². The minimum absolute atomic E-state index is 0.786. The fourth-order valence-electron chi connectivity index (χ4n) is 3.80. The Morgan fingerprint density at radius 3 is 2.47 bits per heavy atom. The first-order valence-corrected chi connectivity index (χ1v) is 12.1. The second kappa shape index (κ2) is 11.3. The average Bonchev–Trinajstić information content (AvgIpc) is 3.20. The van der Waals surface area contributed by atoms with Crippen molar-refractivity contribution in [1.82, 2.24) is 9.47 Å². The minimum Gasteiger partial charge on any atom is -0.497 e. The van der Waals surface area contributed by atoms with Gasteiger partial charge >= 0.3 is 0 Å². The second-order valence-corrected chi connectivity index (χ2v) is 8.74. The highest BCUT2D eigenvalue weighted by Crippen LogP contribution is 2.34. The van der Waals surface area contributed by atoms with E-state index >= 15 is 0 Å². The Bertz CT molecular complexity index is 1100. The number of methoxy groups -OCH3 is 2. The molecule has 0 spiro atoms. The van der Waals surface area contributed by atoms with Gasteiger partial charge < -0.3 is 18.9 Å². The molecular weight excluding hydrogens is 418 g/mol. The number of aromatic nitrogens is 1. The summed E-state index contributed by atoms with van der Waals surface area (Å²) in [4.78, 5) is 8.54. The first-order chi connectivity index (χ1) is 15.5. The van der Waals surface area contributed by atoms with Gasteiger partial charge in [-0.2, -0.15) is 0 Å². The molecule has 3 aromatic rings. The third-order valence-corrected chi connectivity index (χ3v) is 6.68. The largest absolute Gasteiger partial charge is 0.497 e. The van der Waals surface area contributed by atoms with Crippen molar-refractivity contribution in [2.75, 3.05) is 33.9 Å². The van der Waals surface area contributed by atoms with Gasteiger partial charge in [-0.1, -0.05) is 26.0 Å². The molecule has 32 heavy (non-hydrogen) atoms. The molecule has 0 unspecified atom stereocenters. The van der Waals surface area contributed by atoms with Crippen LogP contribution >= 0.6 is 11.3 Å². The molecule has 0 radical (unpaired) electrons. The Kier molecular flexibility index (Phi) is 8.53. The van der Waals surface area contributed by atoms with E-state index in [0.29, 0.717) is 0 Å². The van der Waals surface area contributed by atoms with E-state index in [4.69, 9.17) is 14.5 Å². The van der Waals surface area contributed by atoms with Crippen LogP contribution in [0, 0.1) is 13.8 Å². The van der Waals surface area contributed by atoms with E-state index in [1.165, 1.54) is 11.1 Å². The van der Waals surface area contributed by atoms with Crippen LogP contribution in [-0.2, 0) is 6.54 Å². The zero-order valence-corrected chi connectivity index (χ0v) is 21.0. The molecule has 5 nitrogen and oxygen atoms in total. The Labute approximate surface area is 196 Å². The van der Waals surface area contributed by atoms with Gasteiger partial charge in [-0.15, -0.1) is 11.3 Å². The number of hydrogen-bond donors (Lipinski definition) is 0. The first kappa shape index (κ1) is 24.1. The van der Waals surface area contributed by atoms with Crippen LogP contribution in [0.15, 0.2) is 46.8 Å². The highest BCUT2D eigenvalue weighted by molar-refractivity contribution is 7.07. The van der Waals surface area contributed by atoms with Gasteiger partial charge in [0.1, 0.15) is 11.5 Å². The standard InChI is InChI=1S/C26H35N3O2S/c1-7-28(8-2)14-9-15-29-24(22-13-12-21(30-5)17-25(22)31-6)18-32-26(29)27-23-16-19(3)10-11-20(23)4/h10-13,16-18H,7-9,14-15H2,1-6H3. The fraction of sp³-hybridized carbons (Fsp3) is 0.423. The van der Waals surface area contributed by atoms with Gasteiger partial charge in [0.2, 0.25) is 0 Å². The summed E-state index contributed by atoms with van der Waals surface area (Å²) in [5.41, 5.74) is 5.60. The number of rotatable bonds is 10. The molecule has 0 aliphatic carbocycles. The summed E-state index contributed by atoms with van der Waals surface area (Å²) in [6, 6.07) is 12.4. The van der Waals surface area contributed by atoms with Crippen molar-refractivity contribution in [3.05, 3.63) is 57.7 Å². The molecule has 172 valence electrons. The molecule has 0 aliphatic heterocycles. The zero-order chi connectivity index (χ0) is 23.1. The van der Waals surface area contributed by atoms with Crippen LogP contribution in [0.1, 0.15) is 31.4 Å². The van der Waals surface area contributed by atoms with Crippen LogP contribution < -0.4 is 14.3 Å². The average molecular weight is 454 g/mol. The van der Waals surface area contributed by atoms with Gasteiger partial charge in [0.05, 0.1) is 25.6 Å². The number of thiazole rings is 1. The Morgan fingerprint density at radius 1 is 1.00 bits per heavy atom. The molecule has 0 fully saturated rings. The van der Waals surface area contributed by atoms with Gasteiger partial charge in [-0.25, -0.2) is 4.99 Å². The van der Waals surface area contributed by atoms with E-state index in [9.17, 15) is 0 Å². The SMILES string of the molecule is CCN(CC)CCCn1c(-c2ccc(OC)cc2OC)csc1=Nc1cc(C)ccc1C. The molecule has 0 bridgehead atoms. The molecule has 3 rings (SSSR count). The van der Waals surface area contributed by atoms with E-state index in [1.807, 2.05) is 12.1 Å². The number of benzene rings is 2. The highest BCUT2D eigenvalue weighted by Gasteiger charge is 2.14. The summed E-state index contributed by atoms with van der Waals surface area (Å²) >= 11 is 1.68. The van der Waals surface area contributed by atoms with E-state index in [-0.39, 0.29) is 0 Å². The van der Waals surface area contributed by atoms with Gasteiger partial charge in [0.15, 0.2) is 4.80 Å². The van der Waals surface area contributed by atoms with Crippen molar-refractivity contribution < 1.29 is 9.47 Å².